The molecule has 5 heterocycles. The van der Waals surface area contributed by atoms with Gasteiger partial charge in [-0.15, -0.1) is 5.10 Å². The van der Waals surface area contributed by atoms with E-state index in [9.17, 15) is 5.11 Å². The molecule has 1 N–H and O–H groups in total. The molecule has 1 atom stereocenters. The van der Waals surface area contributed by atoms with Crippen LogP contribution in [0.1, 0.15) is 49.7 Å². The van der Waals surface area contributed by atoms with Gasteiger partial charge >= 0.3 is 0 Å². The van der Waals surface area contributed by atoms with Gasteiger partial charge in [0.05, 0.1) is 46.7 Å². The number of benzene rings is 1. The number of halogens is 1. The number of nitrogens with zero attached hydrogens (tertiary/aromatic N) is 6. The first-order valence-electron chi connectivity index (χ1n) is 13.5. The van der Waals surface area contributed by atoms with Gasteiger partial charge in [0.1, 0.15) is 17.3 Å². The summed E-state index contributed by atoms with van der Waals surface area (Å²) in [5.41, 5.74) is 4.23. The van der Waals surface area contributed by atoms with Gasteiger partial charge in [-0.2, -0.15) is 0 Å². The van der Waals surface area contributed by atoms with Crippen LogP contribution in [0.25, 0.3) is 33.2 Å². The molecule has 1 aliphatic rings. The molecule has 1 aromatic carbocycles. The Balaban J connectivity index is 1.74. The topological polar surface area (TPSA) is 100 Å². The highest BCUT2D eigenvalue weighted by atomic mass is 19.1. The minimum atomic E-state index is -1.12. The summed E-state index contributed by atoms with van der Waals surface area (Å²) in [6.45, 7) is 6.57. The third-order valence-electron chi connectivity index (χ3n) is 7.97. The Bertz CT molecular complexity index is 1700. The molecule has 4 aromatic heterocycles. The number of ether oxygens (including phenoxy) is 2. The molecule has 0 radical (unpaired) electrons. The maximum absolute atomic E-state index is 15.9. The van der Waals surface area contributed by atoms with Crippen LogP contribution >= 0.6 is 0 Å². The van der Waals surface area contributed by atoms with Crippen molar-refractivity contribution < 1.29 is 19.0 Å². The van der Waals surface area contributed by atoms with Crippen LogP contribution in [-0.4, -0.2) is 55.0 Å². The highest BCUT2D eigenvalue weighted by molar-refractivity contribution is 6.07. The summed E-state index contributed by atoms with van der Waals surface area (Å²) in [7, 11) is 3.41. The third kappa shape index (κ3) is 4.31. The summed E-state index contributed by atoms with van der Waals surface area (Å²) in [6.07, 6.45) is 5.08. The van der Waals surface area contributed by atoms with Crippen LogP contribution in [0.2, 0.25) is 0 Å². The highest BCUT2D eigenvalue weighted by Gasteiger charge is 2.34. The van der Waals surface area contributed by atoms with Crippen molar-refractivity contribution in [3.8, 4) is 17.0 Å². The molecule has 0 aliphatic carbocycles. The molecule has 1 saturated heterocycles. The van der Waals surface area contributed by atoms with Crippen molar-refractivity contribution in [2.75, 3.05) is 20.3 Å². The second kappa shape index (κ2) is 9.94. The molecule has 10 heteroatoms. The lowest BCUT2D eigenvalue weighted by atomic mass is 9.88. The molecule has 40 heavy (non-hydrogen) atoms. The van der Waals surface area contributed by atoms with E-state index in [1.807, 2.05) is 31.2 Å². The first-order valence-corrected chi connectivity index (χ1v) is 13.5. The Kier molecular flexibility index (Phi) is 6.54. The molecule has 0 amide bonds. The molecule has 1 aliphatic heterocycles. The molecule has 0 spiro atoms. The number of methoxy groups -OCH3 is 1. The Morgan fingerprint density at radius 3 is 2.60 bits per heavy atom. The van der Waals surface area contributed by atoms with Gasteiger partial charge in [0.15, 0.2) is 0 Å². The van der Waals surface area contributed by atoms with E-state index in [4.69, 9.17) is 19.4 Å². The molecule has 0 saturated carbocycles. The fourth-order valence-electron chi connectivity index (χ4n) is 5.96. The second-order valence-corrected chi connectivity index (χ2v) is 11.0. The van der Waals surface area contributed by atoms with Crippen LogP contribution < -0.4 is 4.74 Å². The molecule has 0 unspecified atom stereocenters. The average molecular weight is 545 g/mol. The van der Waals surface area contributed by atoms with Crippen molar-refractivity contribution in [3.05, 3.63) is 65.5 Å². The van der Waals surface area contributed by atoms with Crippen molar-refractivity contribution in [1.29, 1.82) is 0 Å². The summed E-state index contributed by atoms with van der Waals surface area (Å²) >= 11 is 0. The SMILES string of the molecule is COc1cccnc1[C@@H](C1CCOCC1)n1c2cc(-c3c(C)nnn3C)c(F)cc2c2ncc(C(C)(C)O)cc21. The average Bonchev–Trinajstić information content (AvgIpc) is 3.44. The van der Waals surface area contributed by atoms with Crippen LogP contribution in [-0.2, 0) is 17.4 Å². The third-order valence-corrected chi connectivity index (χ3v) is 7.97. The van der Waals surface area contributed by atoms with Crippen LogP contribution in [0, 0.1) is 18.7 Å². The first kappa shape index (κ1) is 26.3. The maximum Gasteiger partial charge on any atom is 0.142 e. The predicted molar refractivity (Wildman–Crippen MR) is 150 cm³/mol. The summed E-state index contributed by atoms with van der Waals surface area (Å²) in [4.78, 5) is 9.60. The second-order valence-electron chi connectivity index (χ2n) is 11.0. The Labute approximate surface area is 231 Å². The zero-order chi connectivity index (χ0) is 28.2. The highest BCUT2D eigenvalue weighted by Crippen LogP contribution is 2.44. The van der Waals surface area contributed by atoms with Crippen LogP contribution in [0.15, 0.2) is 42.7 Å². The minimum absolute atomic E-state index is 0.163. The standard InChI is InChI=1S/C30H33FN6O3/c1-17-28(36(4)35-34-17)20-15-23-21(14-22(20)31)26-24(13-19(16-33-26)30(2,3)38)37(23)29(18-8-11-40-12-9-18)27-25(39-5)7-6-10-32-27/h6-7,10,13-16,18,29,38H,8-9,11-12H2,1-5H3/t29-/m1/s1. The summed E-state index contributed by atoms with van der Waals surface area (Å²) < 4.78 is 31.2. The maximum atomic E-state index is 15.9. The Hall–Kier alpha value is -3.89. The number of hydrogen-bond acceptors (Lipinski definition) is 7. The monoisotopic (exact) mass is 544 g/mol. The summed E-state index contributed by atoms with van der Waals surface area (Å²) in [5.74, 6) is 0.455. The first-order chi connectivity index (χ1) is 19.2. The van der Waals surface area contributed by atoms with Crippen LogP contribution in [0.4, 0.5) is 4.39 Å². The van der Waals surface area contributed by atoms with E-state index in [1.54, 1.807) is 51.1 Å². The fourth-order valence-corrected chi connectivity index (χ4v) is 5.96. The molecular weight excluding hydrogens is 511 g/mol. The number of rotatable bonds is 6. The van der Waals surface area contributed by atoms with E-state index in [-0.39, 0.29) is 17.8 Å². The largest absolute Gasteiger partial charge is 0.495 e. The zero-order valence-electron chi connectivity index (χ0n) is 23.3. The van der Waals surface area contributed by atoms with E-state index in [2.05, 4.69) is 14.9 Å². The van der Waals surface area contributed by atoms with E-state index >= 15 is 4.39 Å². The number of hydrogen-bond donors (Lipinski definition) is 1. The van der Waals surface area contributed by atoms with E-state index in [0.717, 1.165) is 29.6 Å². The number of aryl methyl sites for hydroxylation is 2. The molecule has 9 nitrogen and oxygen atoms in total. The smallest absolute Gasteiger partial charge is 0.142 e. The van der Waals surface area contributed by atoms with E-state index < -0.39 is 5.60 Å². The van der Waals surface area contributed by atoms with Gasteiger partial charge < -0.3 is 19.1 Å². The van der Waals surface area contributed by atoms with Gasteiger partial charge in [-0.1, -0.05) is 5.21 Å². The van der Waals surface area contributed by atoms with Crippen LogP contribution in [0.3, 0.4) is 0 Å². The fraction of sp³-hybridized carbons (Fsp3) is 0.400. The number of aromatic nitrogens is 6. The van der Waals surface area contributed by atoms with Crippen molar-refractivity contribution in [3.63, 3.8) is 0 Å². The zero-order valence-corrected chi connectivity index (χ0v) is 23.3. The predicted octanol–water partition coefficient (Wildman–Crippen LogP) is 5.08. The van der Waals surface area contributed by atoms with Crippen molar-refractivity contribution in [2.24, 2.45) is 13.0 Å². The molecule has 1 fully saturated rings. The number of fused-ring (bicyclic) bond motifs is 3. The van der Waals surface area contributed by atoms with Crippen molar-refractivity contribution >= 4 is 21.9 Å². The number of aliphatic hydroxyl groups is 1. The Morgan fingerprint density at radius 1 is 1.15 bits per heavy atom. The normalized spacial score (nSPS) is 15.7. The quantitative estimate of drug-likeness (QED) is 0.318. The van der Waals surface area contributed by atoms with Crippen LogP contribution in [0.5, 0.6) is 5.75 Å². The Morgan fingerprint density at radius 2 is 1.93 bits per heavy atom. The van der Waals surface area contributed by atoms with Crippen molar-refractivity contribution in [1.82, 2.24) is 29.5 Å². The summed E-state index contributed by atoms with van der Waals surface area (Å²) in [6, 6.07) is 8.88. The molecular formula is C30H33FN6O3. The lowest BCUT2D eigenvalue weighted by molar-refractivity contribution is 0.0544. The number of pyridine rings is 2. The molecule has 6 rings (SSSR count). The van der Waals surface area contributed by atoms with Gasteiger partial charge in [-0.25, -0.2) is 9.07 Å². The lowest BCUT2D eigenvalue weighted by Crippen LogP contribution is -2.28. The van der Waals surface area contributed by atoms with Gasteiger partial charge in [-0.3, -0.25) is 9.97 Å². The van der Waals surface area contributed by atoms with Gasteiger partial charge in [0, 0.05) is 49.2 Å². The van der Waals surface area contributed by atoms with E-state index in [1.165, 1.54) is 0 Å². The van der Waals surface area contributed by atoms with Crippen molar-refractivity contribution in [2.45, 2.75) is 45.3 Å². The molecule has 208 valence electrons. The summed E-state index contributed by atoms with van der Waals surface area (Å²) in [5, 5.41) is 19.8. The van der Waals surface area contributed by atoms with Gasteiger partial charge in [0.25, 0.3) is 0 Å². The van der Waals surface area contributed by atoms with Gasteiger partial charge in [-0.05, 0) is 69.9 Å². The molecule has 0 bridgehead atoms. The van der Waals surface area contributed by atoms with E-state index in [0.29, 0.717) is 52.4 Å². The van der Waals surface area contributed by atoms with Gasteiger partial charge in [0.2, 0.25) is 0 Å². The lowest BCUT2D eigenvalue weighted by Gasteiger charge is -2.33. The minimum Gasteiger partial charge on any atom is -0.495 e. The molecule has 5 aromatic rings.